The lowest BCUT2D eigenvalue weighted by atomic mass is 10.0. The summed E-state index contributed by atoms with van der Waals surface area (Å²) in [6, 6.07) is 0. The third-order valence-electron chi connectivity index (χ3n) is 3.14. The molecule has 0 aliphatic heterocycles. The first-order valence-corrected chi connectivity index (χ1v) is 6.56. The van der Waals surface area contributed by atoms with E-state index >= 15 is 0 Å². The maximum Gasteiger partial charge on any atom is 0.147 e. The van der Waals surface area contributed by atoms with E-state index in [1.54, 1.807) is 18.7 Å². The van der Waals surface area contributed by atoms with E-state index in [1.807, 2.05) is 7.05 Å². The molecular weight excluding hydrogens is 244 g/mol. The van der Waals surface area contributed by atoms with Gasteiger partial charge in [-0.25, -0.2) is 0 Å². The Labute approximate surface area is 114 Å². The maximum atomic E-state index is 10.2. The number of aromatic nitrogens is 2. The van der Waals surface area contributed by atoms with Gasteiger partial charge in [-0.1, -0.05) is 13.8 Å². The number of aliphatic hydroxyl groups is 1. The summed E-state index contributed by atoms with van der Waals surface area (Å²) in [5.41, 5.74) is 6.77. The van der Waals surface area contributed by atoms with Crippen LogP contribution >= 0.6 is 0 Å². The standard InChI is InChI=1S/C13H26N4O2/c1-9(2)11-10(14)12(17(4)16-11)15-8-13(3,18)6-7-19-5/h9,15,18H,6-8,14H2,1-5H3. The van der Waals surface area contributed by atoms with Crippen LogP contribution in [0.2, 0.25) is 0 Å². The Morgan fingerprint density at radius 2 is 2.16 bits per heavy atom. The van der Waals surface area contributed by atoms with Gasteiger partial charge in [-0.2, -0.15) is 5.10 Å². The van der Waals surface area contributed by atoms with Crippen LogP contribution in [0.1, 0.15) is 38.8 Å². The Hall–Kier alpha value is -1.27. The molecule has 0 amide bonds. The van der Waals surface area contributed by atoms with Crippen LogP contribution in [-0.2, 0) is 11.8 Å². The summed E-state index contributed by atoms with van der Waals surface area (Å²) in [7, 11) is 3.46. The third-order valence-corrected chi connectivity index (χ3v) is 3.14. The molecule has 0 saturated carbocycles. The fourth-order valence-electron chi connectivity index (χ4n) is 1.88. The molecule has 19 heavy (non-hydrogen) atoms. The fourth-order valence-corrected chi connectivity index (χ4v) is 1.88. The van der Waals surface area contributed by atoms with E-state index in [4.69, 9.17) is 10.5 Å². The Bertz CT molecular complexity index is 413. The quantitative estimate of drug-likeness (QED) is 0.696. The number of ether oxygens (including phenoxy) is 1. The van der Waals surface area contributed by atoms with E-state index in [0.717, 1.165) is 11.5 Å². The maximum absolute atomic E-state index is 10.2. The number of hydrogen-bond acceptors (Lipinski definition) is 5. The molecule has 0 bridgehead atoms. The minimum Gasteiger partial charge on any atom is -0.394 e. The largest absolute Gasteiger partial charge is 0.394 e. The average Bonchev–Trinajstić information content (AvgIpc) is 2.60. The summed E-state index contributed by atoms with van der Waals surface area (Å²) in [6.45, 7) is 6.80. The topological polar surface area (TPSA) is 85.3 Å². The summed E-state index contributed by atoms with van der Waals surface area (Å²) in [5.74, 6) is 1.03. The van der Waals surface area contributed by atoms with Gasteiger partial charge in [0.1, 0.15) is 5.82 Å². The Balaban J connectivity index is 2.73. The number of nitrogens with zero attached hydrogens (tertiary/aromatic N) is 2. The van der Waals surface area contributed by atoms with Crippen molar-refractivity contribution in [2.75, 3.05) is 31.3 Å². The summed E-state index contributed by atoms with van der Waals surface area (Å²) in [5, 5.41) is 17.8. The molecule has 110 valence electrons. The van der Waals surface area contributed by atoms with Crippen molar-refractivity contribution in [1.29, 1.82) is 0 Å². The van der Waals surface area contributed by atoms with Gasteiger partial charge in [0.25, 0.3) is 0 Å². The molecular formula is C13H26N4O2. The predicted molar refractivity (Wildman–Crippen MR) is 77.3 cm³/mol. The molecule has 1 aromatic heterocycles. The van der Waals surface area contributed by atoms with E-state index in [0.29, 0.717) is 25.3 Å². The molecule has 1 heterocycles. The second-order valence-corrected chi connectivity index (χ2v) is 5.52. The second-order valence-electron chi connectivity index (χ2n) is 5.52. The van der Waals surface area contributed by atoms with Gasteiger partial charge >= 0.3 is 0 Å². The first kappa shape index (κ1) is 15.8. The summed E-state index contributed by atoms with van der Waals surface area (Å²) in [6.07, 6.45) is 0.561. The Morgan fingerprint density at radius 1 is 1.53 bits per heavy atom. The van der Waals surface area contributed by atoms with Gasteiger partial charge in [-0.05, 0) is 12.8 Å². The van der Waals surface area contributed by atoms with E-state index in [2.05, 4.69) is 24.3 Å². The highest BCUT2D eigenvalue weighted by Gasteiger charge is 2.22. The Kier molecular flexibility index (Phi) is 5.20. The predicted octanol–water partition coefficient (Wildman–Crippen LogP) is 1.33. The molecule has 0 radical (unpaired) electrons. The zero-order chi connectivity index (χ0) is 14.6. The Morgan fingerprint density at radius 3 is 2.63 bits per heavy atom. The van der Waals surface area contributed by atoms with Crippen molar-refractivity contribution >= 4 is 11.5 Å². The van der Waals surface area contributed by atoms with Crippen LogP contribution in [-0.4, -0.2) is 40.7 Å². The highest BCUT2D eigenvalue weighted by atomic mass is 16.5. The summed E-state index contributed by atoms with van der Waals surface area (Å²) in [4.78, 5) is 0. The van der Waals surface area contributed by atoms with Gasteiger partial charge in [-0.15, -0.1) is 0 Å². The summed E-state index contributed by atoms with van der Waals surface area (Å²) >= 11 is 0. The molecule has 1 rings (SSSR count). The summed E-state index contributed by atoms with van der Waals surface area (Å²) < 4.78 is 6.70. The van der Waals surface area contributed by atoms with Crippen LogP contribution < -0.4 is 11.1 Å². The lowest BCUT2D eigenvalue weighted by Crippen LogP contribution is -2.35. The van der Waals surface area contributed by atoms with Crippen LogP contribution in [0, 0.1) is 0 Å². The van der Waals surface area contributed by atoms with E-state index in [9.17, 15) is 5.11 Å². The molecule has 1 atom stereocenters. The van der Waals surface area contributed by atoms with Crippen molar-refractivity contribution in [2.45, 2.75) is 38.7 Å². The normalized spacial score (nSPS) is 14.7. The minimum atomic E-state index is -0.843. The van der Waals surface area contributed by atoms with Crippen LogP contribution in [0.3, 0.4) is 0 Å². The average molecular weight is 270 g/mol. The number of anilines is 2. The van der Waals surface area contributed by atoms with Crippen molar-refractivity contribution in [3.8, 4) is 0 Å². The number of aryl methyl sites for hydroxylation is 1. The fraction of sp³-hybridized carbons (Fsp3) is 0.769. The zero-order valence-electron chi connectivity index (χ0n) is 12.5. The van der Waals surface area contributed by atoms with Crippen LogP contribution in [0.5, 0.6) is 0 Å². The van der Waals surface area contributed by atoms with E-state index in [1.165, 1.54) is 0 Å². The van der Waals surface area contributed by atoms with Crippen molar-refractivity contribution in [1.82, 2.24) is 9.78 Å². The number of rotatable bonds is 7. The van der Waals surface area contributed by atoms with Crippen LogP contribution in [0.15, 0.2) is 0 Å². The molecule has 0 aliphatic rings. The van der Waals surface area contributed by atoms with Gasteiger partial charge in [0.2, 0.25) is 0 Å². The third kappa shape index (κ3) is 4.11. The molecule has 0 saturated heterocycles. The van der Waals surface area contributed by atoms with E-state index in [-0.39, 0.29) is 5.92 Å². The molecule has 4 N–H and O–H groups in total. The molecule has 0 fully saturated rings. The van der Waals surface area contributed by atoms with Gasteiger partial charge in [0.05, 0.1) is 17.0 Å². The lowest BCUT2D eigenvalue weighted by molar-refractivity contribution is 0.0356. The number of nitrogens with two attached hydrogens (primary N) is 1. The zero-order valence-corrected chi connectivity index (χ0v) is 12.5. The monoisotopic (exact) mass is 270 g/mol. The van der Waals surface area contributed by atoms with Gasteiger partial charge in [0.15, 0.2) is 0 Å². The highest BCUT2D eigenvalue weighted by Crippen LogP contribution is 2.28. The van der Waals surface area contributed by atoms with Gasteiger partial charge in [0, 0.05) is 33.7 Å². The van der Waals surface area contributed by atoms with Gasteiger partial charge < -0.3 is 20.9 Å². The van der Waals surface area contributed by atoms with Crippen molar-refractivity contribution in [3.05, 3.63) is 5.69 Å². The molecule has 0 spiro atoms. The van der Waals surface area contributed by atoms with Crippen molar-refractivity contribution in [3.63, 3.8) is 0 Å². The van der Waals surface area contributed by atoms with E-state index < -0.39 is 5.60 Å². The van der Waals surface area contributed by atoms with Crippen LogP contribution in [0.25, 0.3) is 0 Å². The SMILES string of the molecule is COCCC(C)(O)CNc1c(N)c(C(C)C)nn1C. The molecule has 1 unspecified atom stereocenters. The highest BCUT2D eigenvalue weighted by molar-refractivity contribution is 5.65. The van der Waals surface area contributed by atoms with Gasteiger partial charge in [-0.3, -0.25) is 4.68 Å². The molecule has 6 nitrogen and oxygen atoms in total. The first-order chi connectivity index (χ1) is 8.78. The van der Waals surface area contributed by atoms with Crippen molar-refractivity contribution in [2.24, 2.45) is 7.05 Å². The number of methoxy groups -OCH3 is 1. The lowest BCUT2D eigenvalue weighted by Gasteiger charge is -2.24. The molecule has 0 aromatic carbocycles. The molecule has 0 aliphatic carbocycles. The smallest absolute Gasteiger partial charge is 0.147 e. The molecule has 6 heteroatoms. The molecule has 1 aromatic rings. The van der Waals surface area contributed by atoms with Crippen LogP contribution in [0.4, 0.5) is 11.5 Å². The number of hydrogen-bond donors (Lipinski definition) is 3. The second kappa shape index (κ2) is 6.25. The van der Waals surface area contributed by atoms with Crippen molar-refractivity contribution < 1.29 is 9.84 Å². The minimum absolute atomic E-state index is 0.274. The number of nitrogens with one attached hydrogen (secondary N) is 1. The number of nitrogen functional groups attached to an aromatic ring is 1. The first-order valence-electron chi connectivity index (χ1n) is 6.56.